The van der Waals surface area contributed by atoms with Crippen LogP contribution < -0.4 is 15.3 Å². The van der Waals surface area contributed by atoms with Gasteiger partial charge in [0, 0.05) is 39.9 Å². The van der Waals surface area contributed by atoms with E-state index in [1.54, 1.807) is 4.57 Å². The van der Waals surface area contributed by atoms with Crippen molar-refractivity contribution in [3.05, 3.63) is 36.2 Å². The van der Waals surface area contributed by atoms with Crippen molar-refractivity contribution in [2.45, 2.75) is 13.8 Å². The minimum Gasteiger partial charge on any atom is -0.694 e. The molecule has 1 aromatic rings. The molecule has 7 radical (unpaired) electrons. The van der Waals surface area contributed by atoms with Crippen molar-refractivity contribution in [3.8, 4) is 0 Å². The average Bonchev–Trinajstić information content (AvgIpc) is 2.64. The maximum Gasteiger partial charge on any atom is 0.191 e. The Kier molecular flexibility index (Phi) is 11.4. The zero-order chi connectivity index (χ0) is 13.2. The second-order valence-corrected chi connectivity index (χ2v) is 3.77. The van der Waals surface area contributed by atoms with Crippen LogP contribution in [0.4, 0.5) is 0 Å². The van der Waals surface area contributed by atoms with Gasteiger partial charge in [-0.05, 0) is 27.9 Å². The van der Waals surface area contributed by atoms with Crippen LogP contribution in [-0.4, -0.2) is 32.6 Å². The quantitative estimate of drug-likeness (QED) is 0.189. The number of hydrogen-bond donors (Lipinski definition) is 0. The van der Waals surface area contributed by atoms with Gasteiger partial charge >= 0.3 is 0 Å². The third-order valence-electron chi connectivity index (χ3n) is 2.41. The molecule has 0 atom stereocenters. The fourth-order valence-corrected chi connectivity index (χ4v) is 1.24. The molecule has 4 nitrogen and oxygen atoms in total. The van der Waals surface area contributed by atoms with Gasteiger partial charge in [-0.25, -0.2) is 0 Å². The van der Waals surface area contributed by atoms with Crippen molar-refractivity contribution in [2.24, 2.45) is 7.05 Å². The number of aromatic nitrogens is 2. The molecule has 0 saturated heterocycles. The molecule has 0 fully saturated rings. The van der Waals surface area contributed by atoms with Gasteiger partial charge in [0.2, 0.25) is 0 Å². The summed E-state index contributed by atoms with van der Waals surface area (Å²) < 4.78 is 1.66. The van der Waals surface area contributed by atoms with Gasteiger partial charge in [0.05, 0.1) is 0 Å². The second-order valence-electron chi connectivity index (χ2n) is 3.77. The molecule has 0 aromatic carbocycles. The van der Waals surface area contributed by atoms with E-state index in [0.29, 0.717) is 5.72 Å². The summed E-state index contributed by atoms with van der Waals surface area (Å²) in [5, 5.41) is 0. The van der Waals surface area contributed by atoms with Crippen LogP contribution in [0.1, 0.15) is 12.6 Å². The SMILES string of the molecule is [B-]c1[n-]c(C)[c-][n+]1C.[B]N1[C-]=C(C)N(C)C1=C.[Re].[Rf].[Rh]. The summed E-state index contributed by atoms with van der Waals surface area (Å²) in [6, 6.07) is 0. The summed E-state index contributed by atoms with van der Waals surface area (Å²) in [4.78, 5) is 7.16. The van der Waals surface area contributed by atoms with E-state index < -0.39 is 0 Å². The molecule has 2 rings (SSSR count). The molecule has 105 valence electrons. The maximum atomic E-state index is 5.42. The molecule has 0 unspecified atom stereocenters. The van der Waals surface area contributed by atoms with Crippen LogP contribution in [0.25, 0.3) is 0 Å². The Morgan fingerprint density at radius 3 is 2.00 bits per heavy atom. The number of aryl methyl sites for hydroxylation is 2. The summed E-state index contributed by atoms with van der Waals surface area (Å²) in [7, 11) is 14.5. The zero-order valence-corrected chi connectivity index (χ0v) is 22.8. The number of nitrogens with zero attached hydrogens (tertiary/aromatic N) is 4. The molecule has 0 spiro atoms. The maximum absolute atomic E-state index is 5.42. The molecule has 1 aliphatic rings. The molecular formula is C11H14B2N4ReRfRh-3. The van der Waals surface area contributed by atoms with Crippen molar-refractivity contribution in [2.75, 3.05) is 7.05 Å². The van der Waals surface area contributed by atoms with Crippen LogP contribution >= 0.6 is 0 Å². The fraction of sp³-hybridized carbons (Fsp3) is 0.364. The number of imidazole rings is 1. The van der Waals surface area contributed by atoms with E-state index in [1.807, 2.05) is 32.8 Å². The van der Waals surface area contributed by atoms with Crippen molar-refractivity contribution < 1.29 is 44.5 Å². The van der Waals surface area contributed by atoms with Gasteiger partial charge in [-0.15, -0.1) is 6.58 Å². The minimum atomic E-state index is 0. The number of rotatable bonds is 0. The predicted molar refractivity (Wildman–Crippen MR) is 66.8 cm³/mol. The van der Waals surface area contributed by atoms with E-state index in [9.17, 15) is 0 Å². The number of allylic oxidation sites excluding steroid dienone is 1. The van der Waals surface area contributed by atoms with Gasteiger partial charge in [-0.2, -0.15) is 12.4 Å². The average molecular weight is 780 g/mol. The van der Waals surface area contributed by atoms with Crippen molar-refractivity contribution in [1.29, 1.82) is 0 Å². The molecule has 20 heavy (non-hydrogen) atoms. The minimum absolute atomic E-state index is 0. The van der Waals surface area contributed by atoms with Crippen molar-refractivity contribution in [1.82, 2.24) is 14.7 Å². The van der Waals surface area contributed by atoms with Crippen LogP contribution in [0.3, 0.4) is 0 Å². The third-order valence-corrected chi connectivity index (χ3v) is 2.41. The summed E-state index contributed by atoms with van der Waals surface area (Å²) in [6.07, 6.45) is 5.76. The molecule has 0 aliphatic carbocycles. The fourth-order valence-electron chi connectivity index (χ4n) is 1.24. The van der Waals surface area contributed by atoms with Gasteiger partial charge in [0.25, 0.3) is 0 Å². The standard InChI is InChI=1S/C6H8BN2.C5H6BN2.Re.Rf.Rh/c1-5-4-9(7)6(2)8(5)3;1-4-3-8(2)5(6)7-4;;;/h2H2,1,3H3;1-2H3;;;/q-1;-2;;;. The molecule has 9 heteroatoms. The van der Waals surface area contributed by atoms with E-state index in [1.165, 1.54) is 4.81 Å². The first-order valence-corrected chi connectivity index (χ1v) is 5.08. The van der Waals surface area contributed by atoms with Gasteiger partial charge < -0.3 is 32.8 Å². The normalized spacial score (nSPS) is 12.4. The van der Waals surface area contributed by atoms with E-state index in [4.69, 9.17) is 15.8 Å². The summed E-state index contributed by atoms with van der Waals surface area (Å²) in [6.45, 7) is 7.50. The Morgan fingerprint density at radius 2 is 1.90 bits per heavy atom. The van der Waals surface area contributed by atoms with Gasteiger partial charge in [0.15, 0.2) is 7.98 Å². The van der Waals surface area contributed by atoms with Crippen molar-refractivity contribution >= 4 is 21.6 Å². The second kappa shape index (κ2) is 9.58. The summed E-state index contributed by atoms with van der Waals surface area (Å²) >= 11 is 0. The molecule has 1 aliphatic heterocycles. The topological polar surface area (TPSA) is 24.5 Å². The van der Waals surface area contributed by atoms with Gasteiger partial charge in [-0.1, -0.05) is 17.2 Å². The number of hydrogen-bond acceptors (Lipinski definition) is 2. The Hall–Kier alpha value is -1.29. The first-order valence-electron chi connectivity index (χ1n) is 5.08. The van der Waals surface area contributed by atoms with Crippen molar-refractivity contribution in [3.63, 3.8) is 0 Å². The van der Waals surface area contributed by atoms with E-state index in [-0.39, 0.29) is 39.9 Å². The molecular weight excluding hydrogens is 766 g/mol. The van der Waals surface area contributed by atoms with Crippen LogP contribution in [0.15, 0.2) is 18.1 Å². The Morgan fingerprint density at radius 1 is 1.40 bits per heavy atom. The van der Waals surface area contributed by atoms with E-state index in [2.05, 4.69) is 24.0 Å². The van der Waals surface area contributed by atoms with Crippen LogP contribution in [0.2, 0.25) is 0 Å². The van der Waals surface area contributed by atoms with Gasteiger partial charge in [-0.3, -0.25) is 0 Å². The Labute approximate surface area is 144 Å². The van der Waals surface area contributed by atoms with E-state index in [0.717, 1.165) is 17.2 Å². The largest absolute Gasteiger partial charge is 0.694 e. The molecule has 0 N–H and O–H groups in total. The van der Waals surface area contributed by atoms with Crippen LogP contribution in [0.5, 0.6) is 0 Å². The Balaban J connectivity index is -0.000000252. The zero-order valence-electron chi connectivity index (χ0n) is 12.1. The van der Waals surface area contributed by atoms with Crippen LogP contribution in [0, 0.1) is 19.3 Å². The smallest absolute Gasteiger partial charge is 0.191 e. The first-order chi connectivity index (χ1) is 7.82. The van der Waals surface area contributed by atoms with Crippen LogP contribution in [-0.2, 0) is 46.9 Å². The summed E-state index contributed by atoms with van der Waals surface area (Å²) in [5.74, 6) is 0.757. The predicted octanol–water partition coefficient (Wildman–Crippen LogP) is -1.18. The molecule has 1 aromatic heterocycles. The van der Waals surface area contributed by atoms with E-state index >= 15 is 0 Å². The molecule has 2 heterocycles. The first kappa shape index (κ1) is 23.8. The summed E-state index contributed by atoms with van der Waals surface area (Å²) in [5.41, 5.74) is 2.34. The molecule has 0 saturated carbocycles. The molecule has 0 bridgehead atoms. The molecule has 0 amide bonds. The third kappa shape index (κ3) is 5.78. The van der Waals surface area contributed by atoms with Gasteiger partial charge in [0.1, 0.15) is 0 Å². The Bertz CT molecular complexity index is 448. The monoisotopic (exact) mass is 781 g/mol.